The minimum Gasteiger partial charge on any atom is -0.364 e. The molecule has 1 heterocycles. The lowest BCUT2D eigenvalue weighted by Crippen LogP contribution is -2.29. The van der Waals surface area contributed by atoms with Crippen LogP contribution in [0.2, 0.25) is 0 Å². The Morgan fingerprint density at radius 3 is 2.71 bits per heavy atom. The van der Waals surface area contributed by atoms with Crippen LogP contribution < -0.4 is 5.32 Å². The van der Waals surface area contributed by atoms with Gasteiger partial charge in [-0.25, -0.2) is 0 Å². The van der Waals surface area contributed by atoms with Crippen molar-refractivity contribution in [1.29, 1.82) is 0 Å². The Hall–Kier alpha value is -1.32. The molecule has 1 amide bonds. The molecule has 4 heteroatoms. The summed E-state index contributed by atoms with van der Waals surface area (Å²) >= 11 is 0. The lowest BCUT2D eigenvalue weighted by atomic mass is 10.0. The maximum Gasteiger partial charge on any atom is 0.256 e. The summed E-state index contributed by atoms with van der Waals surface area (Å²) < 4.78 is 4.77. The summed E-state index contributed by atoms with van der Waals surface area (Å²) in [6.45, 7) is 2.56. The highest BCUT2D eigenvalue weighted by atomic mass is 16.5. The Labute approximate surface area is 102 Å². The third kappa shape index (κ3) is 3.32. The predicted octanol–water partition coefficient (Wildman–Crippen LogP) is 2.68. The molecule has 17 heavy (non-hydrogen) atoms. The number of nitrogens with one attached hydrogen (secondary N) is 1. The maximum atomic E-state index is 11.8. The molecule has 1 aliphatic carbocycles. The van der Waals surface area contributed by atoms with E-state index < -0.39 is 0 Å². The SMILES string of the molecule is Cc1nocc1C(=O)NCC1CCCCCC1. The van der Waals surface area contributed by atoms with Gasteiger partial charge in [0.1, 0.15) is 11.8 Å². The largest absolute Gasteiger partial charge is 0.364 e. The molecule has 94 valence electrons. The molecule has 1 saturated carbocycles. The Balaban J connectivity index is 1.81. The lowest BCUT2D eigenvalue weighted by molar-refractivity contribution is 0.0944. The van der Waals surface area contributed by atoms with Crippen molar-refractivity contribution >= 4 is 5.91 Å². The fourth-order valence-electron chi connectivity index (χ4n) is 2.41. The number of aryl methyl sites for hydroxylation is 1. The monoisotopic (exact) mass is 236 g/mol. The van der Waals surface area contributed by atoms with Crippen LogP contribution in [-0.2, 0) is 0 Å². The van der Waals surface area contributed by atoms with Gasteiger partial charge >= 0.3 is 0 Å². The number of nitrogens with zero attached hydrogens (tertiary/aromatic N) is 1. The van der Waals surface area contributed by atoms with Gasteiger partial charge in [-0.2, -0.15) is 0 Å². The van der Waals surface area contributed by atoms with Crippen LogP contribution in [0.4, 0.5) is 0 Å². The first-order valence-electron chi connectivity index (χ1n) is 6.46. The molecule has 1 N–H and O–H groups in total. The molecular formula is C13H20N2O2. The van der Waals surface area contributed by atoms with Gasteiger partial charge in [-0.15, -0.1) is 0 Å². The van der Waals surface area contributed by atoms with Crippen molar-refractivity contribution in [1.82, 2.24) is 10.5 Å². The highest BCUT2D eigenvalue weighted by Gasteiger charge is 2.16. The van der Waals surface area contributed by atoms with E-state index in [1.165, 1.54) is 44.8 Å². The van der Waals surface area contributed by atoms with E-state index in [-0.39, 0.29) is 5.91 Å². The number of hydrogen-bond acceptors (Lipinski definition) is 3. The van der Waals surface area contributed by atoms with Crippen LogP contribution in [0.3, 0.4) is 0 Å². The Kier molecular flexibility index (Phi) is 4.18. The zero-order valence-corrected chi connectivity index (χ0v) is 10.4. The predicted molar refractivity (Wildman–Crippen MR) is 64.8 cm³/mol. The van der Waals surface area contributed by atoms with Crippen LogP contribution in [0, 0.1) is 12.8 Å². The van der Waals surface area contributed by atoms with Crippen LogP contribution >= 0.6 is 0 Å². The molecule has 4 nitrogen and oxygen atoms in total. The molecule has 0 aliphatic heterocycles. The Morgan fingerprint density at radius 2 is 2.12 bits per heavy atom. The summed E-state index contributed by atoms with van der Waals surface area (Å²) in [5.41, 5.74) is 1.21. The quantitative estimate of drug-likeness (QED) is 0.821. The van der Waals surface area contributed by atoms with Crippen molar-refractivity contribution in [3.05, 3.63) is 17.5 Å². The van der Waals surface area contributed by atoms with Crippen LogP contribution in [0.25, 0.3) is 0 Å². The van der Waals surface area contributed by atoms with Gasteiger partial charge in [-0.3, -0.25) is 4.79 Å². The van der Waals surface area contributed by atoms with E-state index in [1.54, 1.807) is 6.92 Å². The van der Waals surface area contributed by atoms with E-state index in [0.29, 0.717) is 17.2 Å². The Morgan fingerprint density at radius 1 is 1.41 bits per heavy atom. The summed E-state index contributed by atoms with van der Waals surface area (Å²) in [7, 11) is 0. The van der Waals surface area contributed by atoms with Crippen LogP contribution in [0.5, 0.6) is 0 Å². The molecule has 1 fully saturated rings. The molecule has 1 aromatic rings. The second kappa shape index (κ2) is 5.84. The molecule has 2 rings (SSSR count). The van der Waals surface area contributed by atoms with Gasteiger partial charge in [-0.1, -0.05) is 30.8 Å². The minimum absolute atomic E-state index is 0.0620. The van der Waals surface area contributed by atoms with Crippen molar-refractivity contribution < 1.29 is 9.32 Å². The Bertz CT molecular complexity index is 365. The highest BCUT2D eigenvalue weighted by Crippen LogP contribution is 2.22. The van der Waals surface area contributed by atoms with Gasteiger partial charge in [0.25, 0.3) is 5.91 Å². The first-order chi connectivity index (χ1) is 8.27. The normalized spacial score (nSPS) is 17.7. The third-order valence-corrected chi connectivity index (χ3v) is 3.52. The summed E-state index contributed by atoms with van der Waals surface area (Å²) in [6.07, 6.45) is 9.17. The summed E-state index contributed by atoms with van der Waals surface area (Å²) in [5, 5.41) is 6.70. The van der Waals surface area contributed by atoms with E-state index in [1.807, 2.05) is 0 Å². The first kappa shape index (κ1) is 12.1. The minimum atomic E-state index is -0.0620. The maximum absolute atomic E-state index is 11.8. The second-order valence-electron chi connectivity index (χ2n) is 4.88. The number of amides is 1. The molecule has 1 aliphatic rings. The fourth-order valence-corrected chi connectivity index (χ4v) is 2.41. The summed E-state index contributed by atoms with van der Waals surface area (Å²) in [6, 6.07) is 0. The van der Waals surface area contributed by atoms with E-state index in [0.717, 1.165) is 6.54 Å². The molecule has 0 atom stereocenters. The first-order valence-corrected chi connectivity index (χ1v) is 6.46. The smallest absolute Gasteiger partial charge is 0.256 e. The molecule has 0 unspecified atom stereocenters. The van der Waals surface area contributed by atoms with E-state index in [4.69, 9.17) is 4.52 Å². The average molecular weight is 236 g/mol. The molecule has 0 bridgehead atoms. The van der Waals surface area contributed by atoms with Crippen molar-refractivity contribution in [2.45, 2.75) is 45.4 Å². The van der Waals surface area contributed by atoms with Crippen LogP contribution in [-0.4, -0.2) is 17.6 Å². The highest BCUT2D eigenvalue weighted by molar-refractivity contribution is 5.94. The number of rotatable bonds is 3. The van der Waals surface area contributed by atoms with E-state index >= 15 is 0 Å². The zero-order valence-electron chi connectivity index (χ0n) is 10.4. The number of hydrogen-bond donors (Lipinski definition) is 1. The van der Waals surface area contributed by atoms with Crippen molar-refractivity contribution in [3.63, 3.8) is 0 Å². The van der Waals surface area contributed by atoms with Gasteiger partial charge in [0.05, 0.1) is 5.69 Å². The lowest BCUT2D eigenvalue weighted by Gasteiger charge is -2.14. The van der Waals surface area contributed by atoms with Crippen molar-refractivity contribution in [3.8, 4) is 0 Å². The van der Waals surface area contributed by atoms with E-state index in [2.05, 4.69) is 10.5 Å². The zero-order chi connectivity index (χ0) is 12.1. The van der Waals surface area contributed by atoms with Crippen molar-refractivity contribution in [2.24, 2.45) is 5.92 Å². The average Bonchev–Trinajstić information content (AvgIpc) is 2.61. The van der Waals surface area contributed by atoms with Gasteiger partial charge in [0, 0.05) is 6.54 Å². The van der Waals surface area contributed by atoms with Crippen LogP contribution in [0.1, 0.15) is 54.6 Å². The second-order valence-corrected chi connectivity index (χ2v) is 4.88. The fraction of sp³-hybridized carbons (Fsp3) is 0.692. The molecule has 0 saturated heterocycles. The number of carbonyl (C=O) groups is 1. The summed E-state index contributed by atoms with van der Waals surface area (Å²) in [4.78, 5) is 11.8. The standard InChI is InChI=1S/C13H20N2O2/c1-10-12(9-17-15-10)13(16)14-8-11-6-4-2-3-5-7-11/h9,11H,2-8H2,1H3,(H,14,16). The molecule has 0 spiro atoms. The molecule has 1 aromatic heterocycles. The van der Waals surface area contributed by atoms with Crippen LogP contribution in [0.15, 0.2) is 10.8 Å². The van der Waals surface area contributed by atoms with Crippen molar-refractivity contribution in [2.75, 3.05) is 6.54 Å². The summed E-state index contributed by atoms with van der Waals surface area (Å²) in [5.74, 6) is 0.578. The van der Waals surface area contributed by atoms with Gasteiger partial charge < -0.3 is 9.84 Å². The van der Waals surface area contributed by atoms with E-state index in [9.17, 15) is 4.79 Å². The topological polar surface area (TPSA) is 55.1 Å². The molecule has 0 radical (unpaired) electrons. The third-order valence-electron chi connectivity index (χ3n) is 3.52. The number of carbonyl (C=O) groups excluding carboxylic acids is 1. The van der Waals surface area contributed by atoms with Gasteiger partial charge in [0.15, 0.2) is 0 Å². The van der Waals surface area contributed by atoms with Gasteiger partial charge in [0.2, 0.25) is 0 Å². The molecule has 0 aromatic carbocycles. The number of aromatic nitrogens is 1. The van der Waals surface area contributed by atoms with Gasteiger partial charge in [-0.05, 0) is 25.7 Å². The molecular weight excluding hydrogens is 216 g/mol.